The summed E-state index contributed by atoms with van der Waals surface area (Å²) in [7, 11) is 0. The number of rotatable bonds is 7. The summed E-state index contributed by atoms with van der Waals surface area (Å²) >= 11 is -3.77. The van der Waals surface area contributed by atoms with Crippen LogP contribution in [-0.4, -0.2) is 5.49 Å². The quantitative estimate of drug-likeness (QED) is 0.167. The first kappa shape index (κ1) is 28.6. The zero-order chi connectivity index (χ0) is 28.8. The molecule has 6 rings (SSSR count). The van der Waals surface area contributed by atoms with Crippen LogP contribution in [0.5, 0.6) is 0 Å². The number of hydrogen-bond donors (Lipinski definition) is 0. The number of aryl methyl sites for hydroxylation is 2. The molecular formula is C39H44HfSi. The van der Waals surface area contributed by atoms with Crippen molar-refractivity contribution in [1.29, 1.82) is 0 Å². The van der Waals surface area contributed by atoms with E-state index in [0.29, 0.717) is 7.35 Å². The third-order valence-corrected chi connectivity index (χ3v) is 68.7. The Kier molecular flexibility index (Phi) is 7.62. The molecule has 4 aromatic rings. The predicted octanol–water partition coefficient (Wildman–Crippen LogP) is 11.7. The molecule has 0 fully saturated rings. The molecule has 0 bridgehead atoms. The molecule has 0 heterocycles. The maximum absolute atomic E-state index is 3.77. The summed E-state index contributed by atoms with van der Waals surface area (Å²) in [4.78, 5) is 0. The molecule has 2 unspecified atom stereocenters. The van der Waals surface area contributed by atoms with Gasteiger partial charge in [-0.2, -0.15) is 0 Å². The summed E-state index contributed by atoms with van der Waals surface area (Å²) in [6.45, 7) is 9.50. The molecule has 2 atom stereocenters. The van der Waals surface area contributed by atoms with Crippen LogP contribution in [0, 0.1) is 13.8 Å². The first-order valence-corrected chi connectivity index (χ1v) is 34.4. The van der Waals surface area contributed by atoms with Gasteiger partial charge in [0.15, 0.2) is 0 Å². The van der Waals surface area contributed by atoms with Crippen molar-refractivity contribution in [2.45, 2.75) is 62.9 Å². The molecule has 0 spiro atoms. The summed E-state index contributed by atoms with van der Waals surface area (Å²) in [6, 6.07) is 33.8. The van der Waals surface area contributed by atoms with Crippen LogP contribution in [0.2, 0.25) is 22.0 Å². The molecule has 0 saturated heterocycles. The Balaban J connectivity index is 1.54. The number of hydrogen-bond acceptors (Lipinski definition) is 0. The normalized spacial score (nSPS) is 17.5. The summed E-state index contributed by atoms with van der Waals surface area (Å²) < 4.78 is 6.89. The van der Waals surface area contributed by atoms with E-state index >= 15 is 0 Å². The van der Waals surface area contributed by atoms with E-state index in [1.165, 1.54) is 63.4 Å². The van der Waals surface area contributed by atoms with Gasteiger partial charge in [-0.25, -0.2) is 0 Å². The van der Waals surface area contributed by atoms with E-state index in [-0.39, 0.29) is 0 Å². The van der Waals surface area contributed by atoms with E-state index in [0.717, 1.165) is 0 Å². The molecule has 0 nitrogen and oxygen atoms in total. The van der Waals surface area contributed by atoms with E-state index in [1.807, 2.05) is 0 Å². The molecule has 2 aliphatic rings. The van der Waals surface area contributed by atoms with E-state index in [4.69, 9.17) is 0 Å². The van der Waals surface area contributed by atoms with Crippen LogP contribution < -0.4 is 0 Å². The van der Waals surface area contributed by atoms with Crippen LogP contribution >= 0.6 is 0 Å². The van der Waals surface area contributed by atoms with E-state index in [1.54, 1.807) is 11.1 Å². The summed E-state index contributed by atoms with van der Waals surface area (Å²) in [6.07, 6.45) is 13.0. The van der Waals surface area contributed by atoms with Crippen molar-refractivity contribution in [2.75, 3.05) is 0 Å². The second kappa shape index (κ2) is 10.9. The minimum absolute atomic E-state index is 0.575. The van der Waals surface area contributed by atoms with Crippen LogP contribution in [-0.2, 0) is 17.1 Å². The van der Waals surface area contributed by atoms with Gasteiger partial charge in [0.1, 0.15) is 0 Å². The fourth-order valence-corrected chi connectivity index (χ4v) is 51.6. The molecule has 41 heavy (non-hydrogen) atoms. The number of unbranched alkanes of at least 4 members (excludes halogenated alkanes) is 1. The standard InChI is InChI=1S/2C16H13.C5H12Si.2CH3.Hf/c2*1-12-5-2-8-14(11-12)16-10-4-7-13-6-3-9-15(13)16;1-3-4-5-6-2;;;/h2*2-11H,1H3;3-5H2,1-2H3;2*1H3;. The molecule has 208 valence electrons. The zero-order valence-electron chi connectivity index (χ0n) is 25.7. The monoisotopic (exact) mass is 720 g/mol. The molecule has 0 radical (unpaired) electrons. The van der Waals surface area contributed by atoms with Crippen LogP contribution in [0.3, 0.4) is 0 Å². The molecular weight excluding hydrogens is 675 g/mol. The Bertz CT molecular complexity index is 1660. The van der Waals surface area contributed by atoms with E-state index in [9.17, 15) is 0 Å². The Morgan fingerprint density at radius 3 is 1.56 bits per heavy atom. The van der Waals surface area contributed by atoms with Crippen molar-refractivity contribution < 1.29 is 17.1 Å². The van der Waals surface area contributed by atoms with Crippen molar-refractivity contribution in [1.82, 2.24) is 0 Å². The summed E-state index contributed by atoms with van der Waals surface area (Å²) in [5, 5.41) is 0. The van der Waals surface area contributed by atoms with Crippen molar-refractivity contribution in [3.8, 4) is 22.3 Å². The van der Waals surface area contributed by atoms with Gasteiger partial charge in [0.25, 0.3) is 0 Å². The number of fused-ring (bicyclic) bond motifs is 2. The third kappa shape index (κ3) is 4.76. The van der Waals surface area contributed by atoms with Gasteiger partial charge in [0.05, 0.1) is 0 Å². The Hall–Kier alpha value is -2.55. The van der Waals surface area contributed by atoms with Gasteiger partial charge in [0, 0.05) is 0 Å². The molecule has 0 N–H and O–H groups in total. The fourth-order valence-electron chi connectivity index (χ4n) is 7.91. The van der Waals surface area contributed by atoms with Crippen molar-refractivity contribution in [3.63, 3.8) is 0 Å². The van der Waals surface area contributed by atoms with Crippen LogP contribution in [0.25, 0.3) is 34.4 Å². The molecule has 0 aromatic heterocycles. The Morgan fingerprint density at radius 2 is 1.12 bits per heavy atom. The Labute approximate surface area is 248 Å². The van der Waals surface area contributed by atoms with E-state index in [2.05, 4.69) is 146 Å². The first-order chi connectivity index (χ1) is 19.7. The van der Waals surface area contributed by atoms with Crippen LogP contribution in [0.15, 0.2) is 97.1 Å². The summed E-state index contributed by atoms with van der Waals surface area (Å²) in [5.41, 5.74) is 13.7. The van der Waals surface area contributed by atoms with Gasteiger partial charge in [-0.15, -0.1) is 0 Å². The van der Waals surface area contributed by atoms with Gasteiger partial charge in [0.2, 0.25) is 0 Å². The Morgan fingerprint density at radius 1 is 0.659 bits per heavy atom. The minimum atomic E-state index is -3.77. The molecule has 2 heteroatoms. The van der Waals surface area contributed by atoms with Crippen LogP contribution in [0.1, 0.15) is 60.5 Å². The molecule has 0 amide bonds. The predicted molar refractivity (Wildman–Crippen MR) is 180 cm³/mol. The van der Waals surface area contributed by atoms with Crippen molar-refractivity contribution in [3.05, 3.63) is 130 Å². The second-order valence-corrected chi connectivity index (χ2v) is 60.9. The molecule has 0 saturated carbocycles. The molecule has 2 aliphatic carbocycles. The van der Waals surface area contributed by atoms with Crippen molar-refractivity contribution >= 4 is 17.6 Å². The van der Waals surface area contributed by atoms with Gasteiger partial charge < -0.3 is 0 Å². The van der Waals surface area contributed by atoms with Gasteiger partial charge >= 0.3 is 250 Å². The molecule has 4 aromatic carbocycles. The fraction of sp³-hybridized carbons (Fsp3) is 0.282. The summed E-state index contributed by atoms with van der Waals surface area (Å²) in [5.74, 6) is 0. The van der Waals surface area contributed by atoms with E-state index < -0.39 is 22.6 Å². The third-order valence-electron chi connectivity index (χ3n) is 10.7. The number of benzene rings is 4. The van der Waals surface area contributed by atoms with Gasteiger partial charge in [-0.05, 0) is 0 Å². The molecule has 0 aliphatic heterocycles. The van der Waals surface area contributed by atoms with Crippen molar-refractivity contribution in [2.24, 2.45) is 0 Å². The SMILES string of the molecule is CCCC[Si](C)=[Hf]([CH3])([CH3])([CH]1C=Cc2c(-c3cccc(C)c3)cccc21)[CH]1C=Cc2c(-c3cccc(C)c3)cccc21. The second-order valence-electron chi connectivity index (χ2n) is 13.5. The van der Waals surface area contributed by atoms with Gasteiger partial charge in [-0.3, -0.25) is 0 Å². The average molecular weight is 719 g/mol. The van der Waals surface area contributed by atoms with Gasteiger partial charge in [-0.1, -0.05) is 0 Å². The average Bonchev–Trinajstić information content (AvgIpc) is 3.62. The number of allylic oxidation sites excluding steroid dienone is 2. The first-order valence-electron chi connectivity index (χ1n) is 15.5. The zero-order valence-corrected chi connectivity index (χ0v) is 30.3. The topological polar surface area (TPSA) is 0 Å². The maximum atomic E-state index is 2.87. The van der Waals surface area contributed by atoms with Crippen LogP contribution in [0.4, 0.5) is 0 Å².